The molecule has 4 nitrogen and oxygen atoms in total. The molecule has 4 rings (SSSR count). The van der Waals surface area contributed by atoms with E-state index < -0.39 is 10.0 Å². The van der Waals surface area contributed by atoms with E-state index >= 15 is 0 Å². The highest BCUT2D eigenvalue weighted by molar-refractivity contribution is 7.89. The van der Waals surface area contributed by atoms with E-state index in [1.54, 1.807) is 10.6 Å². The van der Waals surface area contributed by atoms with Gasteiger partial charge in [-0.15, -0.1) is 0 Å². The largest absolute Gasteiger partial charge is 0.468 e. The van der Waals surface area contributed by atoms with Crippen molar-refractivity contribution < 1.29 is 12.8 Å². The van der Waals surface area contributed by atoms with Gasteiger partial charge in [0.15, 0.2) is 0 Å². The molecule has 0 radical (unpaired) electrons. The van der Waals surface area contributed by atoms with Crippen LogP contribution in [0.3, 0.4) is 0 Å². The highest BCUT2D eigenvalue weighted by atomic mass is 32.2. The molecule has 0 aromatic carbocycles. The lowest BCUT2D eigenvalue weighted by molar-refractivity contribution is 0.00365. The highest BCUT2D eigenvalue weighted by Crippen LogP contribution is 2.66. The molecule has 1 atom stereocenters. The summed E-state index contributed by atoms with van der Waals surface area (Å²) in [6.07, 6.45) is 6.14. The van der Waals surface area contributed by atoms with Crippen LogP contribution in [-0.4, -0.2) is 25.0 Å². The van der Waals surface area contributed by atoms with E-state index in [-0.39, 0.29) is 22.3 Å². The van der Waals surface area contributed by atoms with E-state index in [0.717, 1.165) is 18.6 Å². The summed E-state index contributed by atoms with van der Waals surface area (Å²) in [6.45, 7) is 9.40. The Labute approximate surface area is 145 Å². The molecule has 1 aromatic rings. The van der Waals surface area contributed by atoms with Crippen molar-refractivity contribution in [3.63, 3.8) is 0 Å². The van der Waals surface area contributed by atoms with E-state index in [0.29, 0.717) is 18.2 Å². The number of nitrogens with zero attached hydrogens (tertiary/aromatic N) is 1. The van der Waals surface area contributed by atoms with E-state index in [4.69, 9.17) is 4.42 Å². The van der Waals surface area contributed by atoms with Gasteiger partial charge >= 0.3 is 0 Å². The monoisotopic (exact) mass is 351 g/mol. The minimum absolute atomic E-state index is 0.0378. The summed E-state index contributed by atoms with van der Waals surface area (Å²) < 4.78 is 33.9. The molecule has 2 aliphatic carbocycles. The second-order valence-electron chi connectivity index (χ2n) is 9.48. The van der Waals surface area contributed by atoms with Crippen LogP contribution in [0.2, 0.25) is 0 Å². The Morgan fingerprint density at radius 2 is 1.88 bits per heavy atom. The topological polar surface area (TPSA) is 50.5 Å². The fourth-order valence-corrected chi connectivity index (χ4v) is 8.59. The van der Waals surface area contributed by atoms with Crippen molar-refractivity contribution in [1.82, 2.24) is 4.31 Å². The van der Waals surface area contributed by atoms with Crippen LogP contribution in [0.1, 0.15) is 65.2 Å². The Morgan fingerprint density at radius 1 is 1.21 bits per heavy atom. The summed E-state index contributed by atoms with van der Waals surface area (Å²) in [5.41, 5.74) is 0.0244. The zero-order valence-electron chi connectivity index (χ0n) is 15.2. The first-order valence-electron chi connectivity index (χ1n) is 9.12. The average Bonchev–Trinajstić information content (AvgIpc) is 3.11. The van der Waals surface area contributed by atoms with E-state index in [1.165, 1.54) is 12.8 Å². The quantitative estimate of drug-likeness (QED) is 0.816. The summed E-state index contributed by atoms with van der Waals surface area (Å²) in [4.78, 5) is 0. The van der Waals surface area contributed by atoms with Crippen molar-refractivity contribution in [2.24, 2.45) is 22.2 Å². The summed E-state index contributed by atoms with van der Waals surface area (Å²) in [7, 11) is -3.29. The van der Waals surface area contributed by atoms with Crippen molar-refractivity contribution in [2.45, 2.75) is 59.4 Å². The third kappa shape index (κ3) is 2.10. The van der Waals surface area contributed by atoms with Gasteiger partial charge in [0.2, 0.25) is 10.0 Å². The third-order valence-corrected chi connectivity index (χ3v) is 9.52. The number of hydrogen-bond acceptors (Lipinski definition) is 3. The van der Waals surface area contributed by atoms with E-state index in [9.17, 15) is 8.42 Å². The van der Waals surface area contributed by atoms with Crippen LogP contribution in [0.15, 0.2) is 22.8 Å². The molecule has 1 unspecified atom stereocenters. The number of sulfonamides is 1. The van der Waals surface area contributed by atoms with Crippen LogP contribution >= 0.6 is 0 Å². The summed E-state index contributed by atoms with van der Waals surface area (Å²) >= 11 is 0. The Bertz CT molecular complexity index is 725. The lowest BCUT2D eigenvalue weighted by Crippen LogP contribution is -2.59. The van der Waals surface area contributed by atoms with Gasteiger partial charge in [-0.25, -0.2) is 8.42 Å². The molecule has 1 aromatic heterocycles. The number of rotatable bonds is 4. The van der Waals surface area contributed by atoms with Gasteiger partial charge in [-0.3, -0.25) is 0 Å². The Kier molecular flexibility index (Phi) is 3.38. The molecule has 134 valence electrons. The summed E-state index contributed by atoms with van der Waals surface area (Å²) in [6, 6.07) is 3.57. The Balaban J connectivity index is 1.62. The first-order valence-corrected chi connectivity index (χ1v) is 10.7. The van der Waals surface area contributed by atoms with Crippen LogP contribution in [0, 0.1) is 22.2 Å². The molecule has 2 saturated carbocycles. The maximum Gasteiger partial charge on any atom is 0.215 e. The predicted octanol–water partition coefficient (Wildman–Crippen LogP) is 4.21. The molecule has 5 heteroatoms. The molecule has 0 spiro atoms. The van der Waals surface area contributed by atoms with Crippen LogP contribution in [0.25, 0.3) is 0 Å². The van der Waals surface area contributed by atoms with Gasteiger partial charge in [-0.1, -0.05) is 27.7 Å². The van der Waals surface area contributed by atoms with E-state index in [2.05, 4.69) is 27.7 Å². The van der Waals surface area contributed by atoms with Crippen LogP contribution in [0.5, 0.6) is 0 Å². The average molecular weight is 352 g/mol. The highest BCUT2D eigenvalue weighted by Gasteiger charge is 2.62. The SMILES string of the molecule is CC1(C)CN(S(=O)(=O)CC23CCC(CC2)C3(C)C)C1c1ccco1. The number of furan rings is 1. The number of hydrogen-bond donors (Lipinski definition) is 0. The molecule has 2 bridgehead atoms. The van der Waals surface area contributed by atoms with Crippen molar-refractivity contribution in [1.29, 1.82) is 0 Å². The van der Waals surface area contributed by atoms with Crippen molar-refractivity contribution in [3.05, 3.63) is 24.2 Å². The maximum absolute atomic E-state index is 13.3. The molecule has 1 aliphatic heterocycles. The fraction of sp³-hybridized carbons (Fsp3) is 0.789. The van der Waals surface area contributed by atoms with Gasteiger partial charge in [0.25, 0.3) is 0 Å². The standard InChI is InChI=1S/C19H29NO3S/c1-17(2)12-20(16(17)15-6-5-11-23-15)24(21,22)13-19-9-7-14(8-10-19)18(19,3)4/h5-6,11,14,16H,7-10,12-13H2,1-4H3. The van der Waals surface area contributed by atoms with Gasteiger partial charge < -0.3 is 4.42 Å². The molecule has 2 heterocycles. The van der Waals surface area contributed by atoms with Gasteiger partial charge in [0.1, 0.15) is 5.76 Å². The van der Waals surface area contributed by atoms with Crippen LogP contribution in [-0.2, 0) is 10.0 Å². The summed E-state index contributed by atoms with van der Waals surface area (Å²) in [5, 5.41) is 0. The smallest absolute Gasteiger partial charge is 0.215 e. The zero-order chi connectivity index (χ0) is 17.4. The fourth-order valence-electron chi connectivity index (χ4n) is 5.82. The molecule has 0 amide bonds. The zero-order valence-corrected chi connectivity index (χ0v) is 16.0. The number of fused-ring (bicyclic) bond motifs is 2. The normalized spacial score (nSPS) is 37.5. The van der Waals surface area contributed by atoms with Crippen molar-refractivity contribution >= 4 is 10.0 Å². The van der Waals surface area contributed by atoms with Crippen molar-refractivity contribution in [2.75, 3.05) is 12.3 Å². The summed E-state index contributed by atoms with van der Waals surface area (Å²) in [5.74, 6) is 1.76. The molecule has 1 saturated heterocycles. The first kappa shape index (κ1) is 16.6. The maximum atomic E-state index is 13.3. The minimum Gasteiger partial charge on any atom is -0.468 e. The molecule has 24 heavy (non-hydrogen) atoms. The molecular weight excluding hydrogens is 322 g/mol. The lowest BCUT2D eigenvalue weighted by Gasteiger charge is -2.53. The van der Waals surface area contributed by atoms with Crippen molar-refractivity contribution in [3.8, 4) is 0 Å². The Hall–Kier alpha value is -0.810. The third-order valence-electron chi connectivity index (χ3n) is 7.55. The van der Waals surface area contributed by atoms with Crippen LogP contribution < -0.4 is 0 Å². The van der Waals surface area contributed by atoms with Gasteiger partial charge in [0, 0.05) is 12.0 Å². The van der Waals surface area contributed by atoms with Gasteiger partial charge in [-0.05, 0) is 54.6 Å². The molecule has 3 aliphatic rings. The van der Waals surface area contributed by atoms with Gasteiger partial charge in [-0.2, -0.15) is 4.31 Å². The molecule has 0 N–H and O–H groups in total. The second-order valence-corrected chi connectivity index (χ2v) is 11.4. The minimum atomic E-state index is -3.29. The second kappa shape index (κ2) is 4.88. The van der Waals surface area contributed by atoms with E-state index in [1.807, 2.05) is 12.1 Å². The molecular formula is C19H29NO3S. The Morgan fingerprint density at radius 3 is 2.33 bits per heavy atom. The molecule has 3 fully saturated rings. The van der Waals surface area contributed by atoms with Gasteiger partial charge in [0.05, 0.1) is 18.1 Å². The lowest BCUT2D eigenvalue weighted by atomic mass is 9.71. The first-order chi connectivity index (χ1) is 11.1. The predicted molar refractivity (Wildman–Crippen MR) is 93.9 cm³/mol. The van der Waals surface area contributed by atoms with Crippen LogP contribution in [0.4, 0.5) is 0 Å².